The first-order valence-electron chi connectivity index (χ1n) is 4.92. The summed E-state index contributed by atoms with van der Waals surface area (Å²) in [7, 11) is 0. The van der Waals surface area contributed by atoms with Crippen molar-refractivity contribution in [1.29, 1.82) is 5.26 Å². The highest BCUT2D eigenvalue weighted by Gasteiger charge is 2.08. The number of halogens is 3. The van der Waals surface area contributed by atoms with E-state index < -0.39 is 0 Å². The van der Waals surface area contributed by atoms with Gasteiger partial charge in [0.15, 0.2) is 0 Å². The van der Waals surface area contributed by atoms with Gasteiger partial charge in [0.25, 0.3) is 0 Å². The van der Waals surface area contributed by atoms with Crippen molar-refractivity contribution in [2.24, 2.45) is 0 Å². The third kappa shape index (κ3) is 2.88. The van der Waals surface area contributed by atoms with Crippen molar-refractivity contribution < 1.29 is 4.74 Å². The molecule has 0 amide bonds. The minimum absolute atomic E-state index is 0.365. The second kappa shape index (κ2) is 5.49. The van der Waals surface area contributed by atoms with Crippen LogP contribution in [0.25, 0.3) is 0 Å². The molecular formula is C13H6Cl3NO. The van der Waals surface area contributed by atoms with E-state index in [0.29, 0.717) is 32.1 Å². The van der Waals surface area contributed by atoms with Gasteiger partial charge in [-0.2, -0.15) is 5.26 Å². The number of nitriles is 1. The molecule has 0 aliphatic carbocycles. The van der Waals surface area contributed by atoms with Gasteiger partial charge in [-0.15, -0.1) is 0 Å². The predicted octanol–water partition coefficient (Wildman–Crippen LogP) is 5.31. The van der Waals surface area contributed by atoms with Gasteiger partial charge in [0.1, 0.15) is 11.5 Å². The smallest absolute Gasteiger partial charge is 0.147 e. The van der Waals surface area contributed by atoms with Gasteiger partial charge in [0, 0.05) is 6.07 Å². The first kappa shape index (κ1) is 13.0. The van der Waals surface area contributed by atoms with Crippen LogP contribution in [0.15, 0.2) is 36.4 Å². The number of nitrogens with zero attached hydrogens (tertiary/aromatic N) is 1. The van der Waals surface area contributed by atoms with Gasteiger partial charge in [0.05, 0.1) is 26.7 Å². The summed E-state index contributed by atoms with van der Waals surface area (Å²) in [6.07, 6.45) is 0. The van der Waals surface area contributed by atoms with Gasteiger partial charge in [-0.1, -0.05) is 34.8 Å². The van der Waals surface area contributed by atoms with Gasteiger partial charge < -0.3 is 4.74 Å². The average Bonchev–Trinajstić information content (AvgIpc) is 2.37. The molecule has 2 nitrogen and oxygen atoms in total. The lowest BCUT2D eigenvalue weighted by molar-refractivity contribution is 0.483. The van der Waals surface area contributed by atoms with Crippen LogP contribution in [0.3, 0.4) is 0 Å². The highest BCUT2D eigenvalue weighted by atomic mass is 35.5. The van der Waals surface area contributed by atoms with Crippen molar-refractivity contribution in [3.63, 3.8) is 0 Å². The fourth-order valence-corrected chi connectivity index (χ4v) is 1.88. The van der Waals surface area contributed by atoms with E-state index in [9.17, 15) is 0 Å². The van der Waals surface area contributed by atoms with E-state index in [1.807, 2.05) is 6.07 Å². The molecule has 0 aromatic heterocycles. The Balaban J connectivity index is 2.28. The van der Waals surface area contributed by atoms with E-state index in [2.05, 4.69) is 0 Å². The Kier molecular flexibility index (Phi) is 3.98. The molecule has 90 valence electrons. The predicted molar refractivity (Wildman–Crippen MR) is 72.7 cm³/mol. The monoisotopic (exact) mass is 297 g/mol. The van der Waals surface area contributed by atoms with Crippen molar-refractivity contribution in [2.75, 3.05) is 0 Å². The lowest BCUT2D eigenvalue weighted by atomic mass is 10.2. The first-order valence-corrected chi connectivity index (χ1v) is 6.06. The molecule has 0 fully saturated rings. The minimum Gasteiger partial charge on any atom is -0.456 e. The molecule has 0 unspecified atom stereocenters. The summed E-state index contributed by atoms with van der Waals surface area (Å²) in [5, 5.41) is 9.79. The van der Waals surface area contributed by atoms with E-state index in [-0.39, 0.29) is 0 Å². The zero-order valence-corrected chi connectivity index (χ0v) is 11.2. The maximum absolute atomic E-state index is 8.69. The molecule has 0 N–H and O–H groups in total. The third-order valence-corrected chi connectivity index (χ3v) is 3.20. The number of ether oxygens (including phenoxy) is 1. The molecular weight excluding hydrogens is 293 g/mol. The van der Waals surface area contributed by atoms with Crippen LogP contribution in [0.5, 0.6) is 11.5 Å². The standard InChI is InChI=1S/C13H6Cl3NO/c14-10-5-12(16)13(6-11(10)15)18-9-3-1-8(7-17)2-4-9/h1-6H. The molecule has 0 heterocycles. The summed E-state index contributed by atoms with van der Waals surface area (Å²) in [5.41, 5.74) is 0.558. The van der Waals surface area contributed by atoms with Gasteiger partial charge in [-0.05, 0) is 30.3 Å². The highest BCUT2D eigenvalue weighted by Crippen LogP contribution is 2.36. The van der Waals surface area contributed by atoms with Crippen molar-refractivity contribution in [3.05, 3.63) is 57.0 Å². The Morgan fingerprint density at radius 3 is 2.11 bits per heavy atom. The van der Waals surface area contributed by atoms with Crippen LogP contribution in [-0.2, 0) is 0 Å². The molecule has 2 aromatic carbocycles. The molecule has 0 aliphatic heterocycles. The van der Waals surface area contributed by atoms with Crippen molar-refractivity contribution in [3.8, 4) is 17.6 Å². The number of hydrogen-bond donors (Lipinski definition) is 0. The first-order chi connectivity index (χ1) is 8.60. The zero-order chi connectivity index (χ0) is 13.1. The van der Waals surface area contributed by atoms with Crippen molar-refractivity contribution >= 4 is 34.8 Å². The summed E-state index contributed by atoms with van der Waals surface area (Å²) in [5.74, 6) is 0.977. The van der Waals surface area contributed by atoms with E-state index in [4.69, 9.17) is 44.8 Å². The Labute approximate surface area is 119 Å². The maximum atomic E-state index is 8.69. The lowest BCUT2D eigenvalue weighted by Crippen LogP contribution is -1.86. The van der Waals surface area contributed by atoms with Crippen LogP contribution < -0.4 is 4.74 Å². The zero-order valence-electron chi connectivity index (χ0n) is 8.95. The van der Waals surface area contributed by atoms with Crippen molar-refractivity contribution in [1.82, 2.24) is 0 Å². The summed E-state index contributed by atoms with van der Waals surface area (Å²) < 4.78 is 5.56. The third-order valence-electron chi connectivity index (χ3n) is 2.19. The van der Waals surface area contributed by atoms with Gasteiger partial charge in [0.2, 0.25) is 0 Å². The molecule has 0 bridgehead atoms. The van der Waals surface area contributed by atoms with E-state index in [1.165, 1.54) is 6.07 Å². The molecule has 0 saturated carbocycles. The number of benzene rings is 2. The fourth-order valence-electron chi connectivity index (χ4n) is 1.31. The number of hydrogen-bond acceptors (Lipinski definition) is 2. The number of rotatable bonds is 2. The van der Waals surface area contributed by atoms with Crippen LogP contribution in [0.4, 0.5) is 0 Å². The Hall–Kier alpha value is -1.40. The van der Waals surface area contributed by atoms with E-state index in [1.54, 1.807) is 30.3 Å². The van der Waals surface area contributed by atoms with Crippen LogP contribution >= 0.6 is 34.8 Å². The molecule has 2 aromatic rings. The molecule has 18 heavy (non-hydrogen) atoms. The molecule has 0 atom stereocenters. The second-order valence-corrected chi connectivity index (χ2v) is 4.66. The fraction of sp³-hybridized carbons (Fsp3) is 0. The summed E-state index contributed by atoms with van der Waals surface area (Å²) in [6, 6.07) is 11.8. The SMILES string of the molecule is N#Cc1ccc(Oc2cc(Cl)c(Cl)cc2Cl)cc1. The van der Waals surface area contributed by atoms with Crippen LogP contribution in [0.2, 0.25) is 15.1 Å². The Morgan fingerprint density at radius 2 is 1.50 bits per heavy atom. The summed E-state index contributed by atoms with van der Waals surface area (Å²) in [4.78, 5) is 0. The Morgan fingerprint density at radius 1 is 0.889 bits per heavy atom. The largest absolute Gasteiger partial charge is 0.456 e. The van der Waals surface area contributed by atoms with Crippen LogP contribution in [0.1, 0.15) is 5.56 Å². The molecule has 0 radical (unpaired) electrons. The van der Waals surface area contributed by atoms with E-state index in [0.717, 1.165) is 0 Å². The minimum atomic E-state index is 0.365. The highest BCUT2D eigenvalue weighted by molar-refractivity contribution is 6.43. The van der Waals surface area contributed by atoms with Crippen molar-refractivity contribution in [2.45, 2.75) is 0 Å². The topological polar surface area (TPSA) is 33.0 Å². The summed E-state index contributed by atoms with van der Waals surface area (Å²) >= 11 is 17.7. The molecule has 0 spiro atoms. The molecule has 0 saturated heterocycles. The molecule has 0 aliphatic rings. The summed E-state index contributed by atoms with van der Waals surface area (Å²) in [6.45, 7) is 0. The van der Waals surface area contributed by atoms with Gasteiger partial charge in [-0.3, -0.25) is 0 Å². The molecule has 2 rings (SSSR count). The van der Waals surface area contributed by atoms with Crippen LogP contribution in [0, 0.1) is 11.3 Å². The average molecular weight is 299 g/mol. The second-order valence-electron chi connectivity index (χ2n) is 3.43. The van der Waals surface area contributed by atoms with E-state index >= 15 is 0 Å². The molecule has 5 heteroatoms. The van der Waals surface area contributed by atoms with Gasteiger partial charge in [-0.25, -0.2) is 0 Å². The maximum Gasteiger partial charge on any atom is 0.147 e. The lowest BCUT2D eigenvalue weighted by Gasteiger charge is -2.08. The normalized spacial score (nSPS) is 9.89. The quantitative estimate of drug-likeness (QED) is 0.704. The van der Waals surface area contributed by atoms with Gasteiger partial charge >= 0.3 is 0 Å². The van der Waals surface area contributed by atoms with Crippen LogP contribution in [-0.4, -0.2) is 0 Å². The Bertz CT molecular complexity index is 617.